The van der Waals surface area contributed by atoms with Gasteiger partial charge in [0, 0.05) is 12.5 Å². The van der Waals surface area contributed by atoms with E-state index in [1.54, 1.807) is 6.07 Å². The van der Waals surface area contributed by atoms with Crippen molar-refractivity contribution >= 4 is 21.8 Å². The lowest BCUT2D eigenvalue weighted by atomic mass is 9.97. The Morgan fingerprint density at radius 3 is 2.70 bits per heavy atom. The van der Waals surface area contributed by atoms with Crippen molar-refractivity contribution in [3.63, 3.8) is 0 Å². The highest BCUT2D eigenvalue weighted by Gasteiger charge is 2.30. The molecule has 1 fully saturated rings. The molecular weight excluding hydrogens is 322 g/mol. The topological polar surface area (TPSA) is 119 Å². The summed E-state index contributed by atoms with van der Waals surface area (Å²) in [5, 5.41) is 22.3. The number of benzene rings is 1. The maximum absolute atomic E-state index is 11.8. The summed E-state index contributed by atoms with van der Waals surface area (Å²) in [7, 11) is -3.94. The molecule has 0 radical (unpaired) electrons. The number of aliphatic hydroxyl groups excluding tert-OH is 1. The van der Waals surface area contributed by atoms with Gasteiger partial charge in [0.25, 0.3) is 0 Å². The fourth-order valence-corrected chi connectivity index (χ4v) is 3.86. The molecule has 0 aromatic heterocycles. The molecule has 1 aromatic rings. The van der Waals surface area contributed by atoms with Gasteiger partial charge >= 0.3 is 10.2 Å². The third-order valence-corrected chi connectivity index (χ3v) is 5.10. The Kier molecular flexibility index (Phi) is 3.80. The molecule has 1 aromatic carbocycles. The van der Waals surface area contributed by atoms with Crippen LogP contribution in [-0.2, 0) is 21.4 Å². The molecule has 1 amide bonds. The summed E-state index contributed by atoms with van der Waals surface area (Å²) < 4.78 is 26.3. The highest BCUT2D eigenvalue weighted by molar-refractivity contribution is 7.91. The second-order valence-corrected chi connectivity index (χ2v) is 7.15. The van der Waals surface area contributed by atoms with Crippen LogP contribution in [0.5, 0.6) is 5.75 Å². The number of hydrogen-bond donors (Lipinski definition) is 4. The largest absolute Gasteiger partial charge is 0.506 e. The van der Waals surface area contributed by atoms with Crippen molar-refractivity contribution in [2.75, 3.05) is 4.31 Å². The van der Waals surface area contributed by atoms with E-state index in [0.29, 0.717) is 12.8 Å². The first-order valence-electron chi connectivity index (χ1n) is 7.19. The van der Waals surface area contributed by atoms with Crippen molar-refractivity contribution in [1.82, 2.24) is 10.0 Å². The lowest BCUT2D eigenvalue weighted by molar-refractivity contribution is -0.123. The Morgan fingerprint density at radius 2 is 2.09 bits per heavy atom. The molecule has 1 unspecified atom stereocenters. The highest BCUT2D eigenvalue weighted by Crippen LogP contribution is 2.33. The van der Waals surface area contributed by atoms with Crippen molar-refractivity contribution in [3.05, 3.63) is 35.8 Å². The molecule has 4 N–H and O–H groups in total. The van der Waals surface area contributed by atoms with Gasteiger partial charge in [0.15, 0.2) is 0 Å². The summed E-state index contributed by atoms with van der Waals surface area (Å²) in [5.41, 5.74) is 0.828. The summed E-state index contributed by atoms with van der Waals surface area (Å²) in [4.78, 5) is 11.4. The molecule has 2 aliphatic heterocycles. The lowest BCUT2D eigenvalue weighted by Gasteiger charge is -2.23. The van der Waals surface area contributed by atoms with Gasteiger partial charge < -0.3 is 15.5 Å². The Labute approximate surface area is 133 Å². The van der Waals surface area contributed by atoms with Crippen LogP contribution in [0.25, 0.3) is 0 Å². The molecule has 0 saturated carbocycles. The quantitative estimate of drug-likeness (QED) is 0.643. The number of piperidine rings is 1. The van der Waals surface area contributed by atoms with Crippen molar-refractivity contribution in [2.45, 2.75) is 31.7 Å². The minimum atomic E-state index is -3.94. The minimum Gasteiger partial charge on any atom is -0.506 e. The van der Waals surface area contributed by atoms with E-state index in [-0.39, 0.29) is 23.4 Å². The first kappa shape index (κ1) is 15.5. The molecule has 1 saturated heterocycles. The Balaban J connectivity index is 1.80. The number of hydrogen-bond acceptors (Lipinski definition) is 5. The number of carbonyl (C=O) groups is 1. The van der Waals surface area contributed by atoms with E-state index in [0.717, 1.165) is 28.9 Å². The predicted octanol–water partition coefficient (Wildman–Crippen LogP) is 0.615. The number of aliphatic hydroxyl groups is 1. The molecule has 8 nitrogen and oxygen atoms in total. The zero-order valence-corrected chi connectivity index (χ0v) is 13.0. The molecule has 23 heavy (non-hydrogen) atoms. The average Bonchev–Trinajstić information content (AvgIpc) is 2.72. The smallest absolute Gasteiger partial charge is 0.330 e. The molecule has 0 bridgehead atoms. The fourth-order valence-electron chi connectivity index (χ4n) is 2.79. The first-order valence-corrected chi connectivity index (χ1v) is 8.63. The van der Waals surface area contributed by atoms with Crippen LogP contribution in [0.4, 0.5) is 5.69 Å². The fraction of sp³-hybridized carbons (Fsp3) is 0.357. The third-order valence-electron chi connectivity index (χ3n) is 3.81. The van der Waals surface area contributed by atoms with Crippen LogP contribution < -0.4 is 14.3 Å². The van der Waals surface area contributed by atoms with Crippen LogP contribution in [-0.4, -0.2) is 30.6 Å². The number of nitrogens with one attached hydrogen (secondary N) is 2. The summed E-state index contributed by atoms with van der Waals surface area (Å²) in [6, 6.07) is 4.63. The van der Waals surface area contributed by atoms with Crippen LogP contribution in [0, 0.1) is 0 Å². The summed E-state index contributed by atoms with van der Waals surface area (Å²) in [6.45, 7) is 0. The van der Waals surface area contributed by atoms with Gasteiger partial charge in [-0.15, -0.1) is 0 Å². The molecular formula is C14H17N3O5S. The molecule has 2 heterocycles. The number of rotatable bonds is 3. The monoisotopic (exact) mass is 339 g/mol. The number of phenolic OH excluding ortho intramolecular Hbond substituents is 1. The van der Waals surface area contributed by atoms with Gasteiger partial charge in [0.1, 0.15) is 11.4 Å². The SMILES string of the molecule is O=C1CCCC(Cc2ccc(N3C=C(O)NS3(=O)=O)c(O)c2)N1. The van der Waals surface area contributed by atoms with E-state index < -0.39 is 16.1 Å². The van der Waals surface area contributed by atoms with E-state index in [1.165, 1.54) is 12.1 Å². The van der Waals surface area contributed by atoms with Crippen molar-refractivity contribution in [3.8, 4) is 5.75 Å². The van der Waals surface area contributed by atoms with Crippen molar-refractivity contribution < 1.29 is 23.4 Å². The van der Waals surface area contributed by atoms with Crippen LogP contribution in [0.2, 0.25) is 0 Å². The number of nitrogens with zero attached hydrogens (tertiary/aromatic N) is 1. The molecule has 3 rings (SSSR count). The van der Waals surface area contributed by atoms with Crippen molar-refractivity contribution in [2.24, 2.45) is 0 Å². The maximum atomic E-state index is 11.8. The summed E-state index contributed by atoms with van der Waals surface area (Å²) in [5.74, 6) is -0.712. The van der Waals surface area contributed by atoms with Gasteiger partial charge in [-0.3, -0.25) is 4.79 Å². The van der Waals surface area contributed by atoms with Crippen LogP contribution in [0.3, 0.4) is 0 Å². The number of anilines is 1. The van der Waals surface area contributed by atoms with E-state index >= 15 is 0 Å². The maximum Gasteiger partial charge on any atom is 0.330 e. The second-order valence-electron chi connectivity index (χ2n) is 5.60. The van der Waals surface area contributed by atoms with Crippen molar-refractivity contribution in [1.29, 1.82) is 0 Å². The number of aromatic hydroxyl groups is 1. The summed E-state index contributed by atoms with van der Waals surface area (Å²) in [6.07, 6.45) is 3.78. The predicted molar refractivity (Wildman–Crippen MR) is 82.8 cm³/mol. The zero-order chi connectivity index (χ0) is 16.6. The highest BCUT2D eigenvalue weighted by atomic mass is 32.2. The van der Waals surface area contributed by atoms with Gasteiger partial charge in [0.05, 0.1) is 6.20 Å². The van der Waals surface area contributed by atoms with Crippen LogP contribution >= 0.6 is 0 Å². The molecule has 1 atom stereocenters. The van der Waals surface area contributed by atoms with Gasteiger partial charge in [-0.2, -0.15) is 8.42 Å². The van der Waals surface area contributed by atoms with Gasteiger partial charge in [-0.1, -0.05) is 6.07 Å². The first-order chi connectivity index (χ1) is 10.8. The lowest BCUT2D eigenvalue weighted by Crippen LogP contribution is -2.39. The molecule has 124 valence electrons. The Bertz CT molecular complexity index is 775. The number of amides is 1. The van der Waals surface area contributed by atoms with E-state index in [2.05, 4.69) is 5.32 Å². The molecule has 0 spiro atoms. The second kappa shape index (κ2) is 5.65. The Hall–Kier alpha value is -2.42. The van der Waals surface area contributed by atoms with Gasteiger partial charge in [-0.05, 0) is 37.0 Å². The average molecular weight is 339 g/mol. The number of carbonyl (C=O) groups excluding carboxylic acids is 1. The third kappa shape index (κ3) is 3.19. The van der Waals surface area contributed by atoms with Gasteiger partial charge in [-0.25, -0.2) is 9.03 Å². The molecule has 0 aliphatic carbocycles. The molecule has 2 aliphatic rings. The van der Waals surface area contributed by atoms with E-state index in [1.807, 2.05) is 4.72 Å². The standard InChI is InChI=1S/C14H17N3O5S/c18-12-7-9(6-10-2-1-3-13(19)15-10)4-5-11(12)17-8-14(20)16-23(17,21)22/h4-5,7-8,10,16,18,20H,1-3,6H2,(H,15,19). The van der Waals surface area contributed by atoms with Crippen LogP contribution in [0.1, 0.15) is 24.8 Å². The number of phenols is 1. The Morgan fingerprint density at radius 1 is 1.30 bits per heavy atom. The normalized spacial score (nSPS) is 23.1. The molecule has 9 heteroatoms. The minimum absolute atomic E-state index is 0.0163. The zero-order valence-electron chi connectivity index (χ0n) is 12.2. The van der Waals surface area contributed by atoms with Crippen LogP contribution in [0.15, 0.2) is 30.3 Å². The summed E-state index contributed by atoms with van der Waals surface area (Å²) >= 11 is 0. The van der Waals surface area contributed by atoms with E-state index in [9.17, 15) is 23.4 Å². The van der Waals surface area contributed by atoms with E-state index in [4.69, 9.17) is 0 Å². The van der Waals surface area contributed by atoms with Gasteiger partial charge in [0.2, 0.25) is 11.8 Å².